The van der Waals surface area contributed by atoms with Gasteiger partial charge in [-0.25, -0.2) is 9.69 Å². The molecule has 1 heterocycles. The summed E-state index contributed by atoms with van der Waals surface area (Å²) in [5.74, 6) is -0.634. The fourth-order valence-corrected chi connectivity index (χ4v) is 4.08. The maximum atomic E-state index is 12.7. The quantitative estimate of drug-likeness (QED) is 0.560. The molecule has 0 bridgehead atoms. The number of amides is 4. The van der Waals surface area contributed by atoms with Crippen LogP contribution in [0.15, 0.2) is 18.2 Å². The molecule has 1 aromatic carbocycles. The molecule has 2 aliphatic rings. The first kappa shape index (κ1) is 17.2. The van der Waals surface area contributed by atoms with Crippen molar-refractivity contribution in [3.63, 3.8) is 0 Å². The zero-order chi connectivity index (χ0) is 17.5. The smallest absolute Gasteiger partial charge is 0.324 e. The number of benzene rings is 1. The van der Waals surface area contributed by atoms with Crippen molar-refractivity contribution in [2.45, 2.75) is 51.1 Å². The van der Waals surface area contributed by atoms with E-state index in [9.17, 15) is 14.4 Å². The van der Waals surface area contributed by atoms with E-state index in [1.807, 2.05) is 25.1 Å². The highest BCUT2D eigenvalue weighted by atomic mass is 127. The van der Waals surface area contributed by atoms with Crippen LogP contribution in [0, 0.1) is 10.5 Å². The molecule has 1 unspecified atom stereocenters. The first-order chi connectivity index (χ1) is 11.3. The summed E-state index contributed by atoms with van der Waals surface area (Å²) in [6, 6.07) is 4.36. The van der Waals surface area contributed by atoms with Gasteiger partial charge in [0, 0.05) is 9.26 Å². The van der Waals surface area contributed by atoms with Gasteiger partial charge in [-0.2, -0.15) is 0 Å². The highest BCUT2D eigenvalue weighted by molar-refractivity contribution is 14.1. The SMILES string of the molecule is Cc1cc(I)ccc1NC(=O)C(C)N1C(=O)NC2(CCCC2)C1=O. The monoisotopic (exact) mass is 441 g/mol. The molecule has 128 valence electrons. The zero-order valence-corrected chi connectivity index (χ0v) is 15.8. The summed E-state index contributed by atoms with van der Waals surface area (Å²) in [5, 5.41) is 5.62. The van der Waals surface area contributed by atoms with Gasteiger partial charge in [-0.1, -0.05) is 12.8 Å². The lowest BCUT2D eigenvalue weighted by Crippen LogP contribution is -2.48. The minimum Gasteiger partial charge on any atom is -0.324 e. The Labute approximate surface area is 154 Å². The van der Waals surface area contributed by atoms with E-state index in [1.165, 1.54) is 0 Å². The van der Waals surface area contributed by atoms with Gasteiger partial charge >= 0.3 is 6.03 Å². The van der Waals surface area contributed by atoms with Crippen LogP contribution in [0.2, 0.25) is 0 Å². The summed E-state index contributed by atoms with van der Waals surface area (Å²) < 4.78 is 1.08. The Morgan fingerprint density at radius 3 is 2.62 bits per heavy atom. The van der Waals surface area contributed by atoms with Crippen LogP contribution in [-0.2, 0) is 9.59 Å². The number of halogens is 1. The Morgan fingerprint density at radius 1 is 1.33 bits per heavy atom. The number of hydrogen-bond acceptors (Lipinski definition) is 3. The fourth-order valence-electron chi connectivity index (χ4n) is 3.43. The second-order valence-electron chi connectivity index (χ2n) is 6.52. The van der Waals surface area contributed by atoms with Crippen LogP contribution in [0.3, 0.4) is 0 Å². The lowest BCUT2D eigenvalue weighted by Gasteiger charge is -2.23. The second-order valence-corrected chi connectivity index (χ2v) is 7.76. The minimum absolute atomic E-state index is 0.271. The molecule has 1 spiro atoms. The normalized spacial score (nSPS) is 20.4. The lowest BCUT2D eigenvalue weighted by atomic mass is 9.97. The molecule has 6 nitrogen and oxygen atoms in total. The molecule has 7 heteroatoms. The fraction of sp³-hybridized carbons (Fsp3) is 0.471. The first-order valence-electron chi connectivity index (χ1n) is 8.07. The van der Waals surface area contributed by atoms with Crippen molar-refractivity contribution in [1.29, 1.82) is 0 Å². The van der Waals surface area contributed by atoms with Crippen LogP contribution in [-0.4, -0.2) is 34.3 Å². The molecule has 0 radical (unpaired) electrons. The van der Waals surface area contributed by atoms with Crippen molar-refractivity contribution in [3.8, 4) is 0 Å². The van der Waals surface area contributed by atoms with Gasteiger partial charge in [-0.05, 0) is 73.0 Å². The molecule has 1 atom stereocenters. The Balaban J connectivity index is 1.76. The lowest BCUT2D eigenvalue weighted by molar-refractivity contribution is -0.136. The summed E-state index contributed by atoms with van der Waals surface area (Å²) >= 11 is 2.20. The molecule has 2 fully saturated rings. The van der Waals surface area contributed by atoms with Crippen molar-refractivity contribution < 1.29 is 14.4 Å². The number of nitrogens with one attached hydrogen (secondary N) is 2. The molecule has 1 aromatic rings. The minimum atomic E-state index is -0.851. The third-order valence-electron chi connectivity index (χ3n) is 4.86. The Hall–Kier alpha value is -1.64. The summed E-state index contributed by atoms with van der Waals surface area (Å²) in [6.07, 6.45) is 3.14. The van der Waals surface area contributed by atoms with Gasteiger partial charge in [0.05, 0.1) is 0 Å². The highest BCUT2D eigenvalue weighted by Gasteiger charge is 2.54. The van der Waals surface area contributed by atoms with E-state index >= 15 is 0 Å². The van der Waals surface area contributed by atoms with E-state index in [0.717, 1.165) is 26.9 Å². The van der Waals surface area contributed by atoms with E-state index in [2.05, 4.69) is 33.2 Å². The molecular weight excluding hydrogens is 421 g/mol. The number of rotatable bonds is 3. The Bertz CT molecular complexity index is 713. The Morgan fingerprint density at radius 2 is 2.00 bits per heavy atom. The van der Waals surface area contributed by atoms with E-state index in [-0.39, 0.29) is 11.8 Å². The second kappa shape index (κ2) is 6.34. The number of carbonyl (C=O) groups is 3. The van der Waals surface area contributed by atoms with E-state index in [1.54, 1.807) is 6.92 Å². The van der Waals surface area contributed by atoms with Crippen molar-refractivity contribution in [2.75, 3.05) is 5.32 Å². The van der Waals surface area contributed by atoms with E-state index in [4.69, 9.17) is 0 Å². The van der Waals surface area contributed by atoms with Crippen molar-refractivity contribution in [1.82, 2.24) is 10.2 Å². The molecule has 1 saturated carbocycles. The molecule has 3 rings (SSSR count). The summed E-state index contributed by atoms with van der Waals surface area (Å²) in [4.78, 5) is 38.6. The first-order valence-corrected chi connectivity index (χ1v) is 9.15. The van der Waals surface area contributed by atoms with Crippen LogP contribution >= 0.6 is 22.6 Å². The van der Waals surface area contributed by atoms with Gasteiger partial charge in [0.25, 0.3) is 5.91 Å². The number of imide groups is 1. The van der Waals surface area contributed by atoms with Crippen LogP contribution in [0.25, 0.3) is 0 Å². The van der Waals surface area contributed by atoms with Gasteiger partial charge in [0.2, 0.25) is 5.91 Å². The van der Waals surface area contributed by atoms with Gasteiger partial charge in [-0.3, -0.25) is 9.59 Å². The number of aryl methyl sites for hydroxylation is 1. The molecule has 1 aliphatic heterocycles. The maximum Gasteiger partial charge on any atom is 0.325 e. The number of urea groups is 1. The molecule has 2 N–H and O–H groups in total. The van der Waals surface area contributed by atoms with Gasteiger partial charge in [0.1, 0.15) is 11.6 Å². The van der Waals surface area contributed by atoms with Gasteiger partial charge in [-0.15, -0.1) is 0 Å². The van der Waals surface area contributed by atoms with E-state index < -0.39 is 17.6 Å². The number of hydrogen-bond donors (Lipinski definition) is 2. The molecule has 1 saturated heterocycles. The van der Waals surface area contributed by atoms with Crippen molar-refractivity contribution in [2.24, 2.45) is 0 Å². The van der Waals surface area contributed by atoms with Crippen LogP contribution in [0.4, 0.5) is 10.5 Å². The van der Waals surface area contributed by atoms with E-state index in [0.29, 0.717) is 18.5 Å². The van der Waals surface area contributed by atoms with Crippen LogP contribution < -0.4 is 10.6 Å². The predicted octanol–water partition coefficient (Wildman–Crippen LogP) is 2.79. The van der Waals surface area contributed by atoms with Gasteiger partial charge < -0.3 is 10.6 Å². The standard InChI is InChI=1S/C17H20IN3O3/c1-10-9-12(18)5-6-13(10)19-14(22)11(2)21-15(23)17(20-16(21)24)7-3-4-8-17/h5-6,9,11H,3-4,7-8H2,1-2H3,(H,19,22)(H,20,24). The maximum absolute atomic E-state index is 12.7. The third-order valence-corrected chi connectivity index (χ3v) is 5.53. The van der Waals surface area contributed by atoms with Crippen molar-refractivity contribution in [3.05, 3.63) is 27.3 Å². The average molecular weight is 441 g/mol. The summed E-state index contributed by atoms with van der Waals surface area (Å²) in [7, 11) is 0. The summed E-state index contributed by atoms with van der Waals surface area (Å²) in [6.45, 7) is 3.49. The average Bonchev–Trinajstić information content (AvgIpc) is 3.08. The molecule has 0 aromatic heterocycles. The number of anilines is 1. The summed E-state index contributed by atoms with van der Waals surface area (Å²) in [5.41, 5.74) is 0.839. The molecule has 4 amide bonds. The zero-order valence-electron chi connectivity index (χ0n) is 13.7. The predicted molar refractivity (Wildman–Crippen MR) is 98.6 cm³/mol. The van der Waals surface area contributed by atoms with Crippen LogP contribution in [0.5, 0.6) is 0 Å². The third kappa shape index (κ3) is 2.89. The molecule has 1 aliphatic carbocycles. The molecule has 24 heavy (non-hydrogen) atoms. The Kier molecular flexibility index (Phi) is 4.54. The largest absolute Gasteiger partial charge is 0.325 e. The topological polar surface area (TPSA) is 78.5 Å². The number of nitrogens with zero attached hydrogens (tertiary/aromatic N) is 1. The van der Waals surface area contributed by atoms with Crippen molar-refractivity contribution >= 4 is 46.1 Å². The van der Waals surface area contributed by atoms with Crippen LogP contribution in [0.1, 0.15) is 38.2 Å². The number of carbonyl (C=O) groups excluding carboxylic acids is 3. The van der Waals surface area contributed by atoms with Gasteiger partial charge in [0.15, 0.2) is 0 Å². The molecular formula is C17H20IN3O3. The highest BCUT2D eigenvalue weighted by Crippen LogP contribution is 2.35.